The van der Waals surface area contributed by atoms with Crippen molar-refractivity contribution in [1.82, 2.24) is 0 Å². The van der Waals surface area contributed by atoms with Crippen LogP contribution in [-0.4, -0.2) is 17.6 Å². The van der Waals surface area contributed by atoms with Gasteiger partial charge in [-0.1, -0.05) is 22.9 Å². The van der Waals surface area contributed by atoms with Crippen molar-refractivity contribution in [3.63, 3.8) is 0 Å². The molecule has 1 fully saturated rings. The summed E-state index contributed by atoms with van der Waals surface area (Å²) in [6, 6.07) is 7.99. The van der Waals surface area contributed by atoms with Crippen LogP contribution in [-0.2, 0) is 0 Å². The largest absolute Gasteiger partial charge is 0.493 e. The van der Waals surface area contributed by atoms with Gasteiger partial charge in [0.25, 0.3) is 0 Å². The van der Waals surface area contributed by atoms with E-state index in [1.54, 1.807) is 0 Å². The second kappa shape index (κ2) is 4.65. The topological polar surface area (TPSA) is 67.8 Å². The van der Waals surface area contributed by atoms with Crippen LogP contribution >= 0.6 is 0 Å². The zero-order valence-electron chi connectivity index (χ0n) is 10.0. The third kappa shape index (κ3) is 3.12. The van der Waals surface area contributed by atoms with Gasteiger partial charge in [-0.25, -0.2) is 0 Å². The van der Waals surface area contributed by atoms with Crippen molar-refractivity contribution in [3.05, 3.63) is 29.8 Å². The van der Waals surface area contributed by atoms with Crippen molar-refractivity contribution in [2.45, 2.75) is 26.2 Å². The second-order valence-corrected chi connectivity index (χ2v) is 4.87. The first-order valence-corrected chi connectivity index (χ1v) is 5.79. The van der Waals surface area contributed by atoms with E-state index < -0.39 is 0 Å². The Morgan fingerprint density at radius 3 is 2.59 bits per heavy atom. The van der Waals surface area contributed by atoms with Crippen LogP contribution in [0.1, 0.15) is 24.8 Å². The van der Waals surface area contributed by atoms with Crippen LogP contribution in [0.3, 0.4) is 0 Å². The fourth-order valence-corrected chi connectivity index (χ4v) is 1.84. The molecule has 17 heavy (non-hydrogen) atoms. The van der Waals surface area contributed by atoms with Crippen molar-refractivity contribution < 1.29 is 9.94 Å². The number of aryl methyl sites for hydroxylation is 1. The Labute approximate surface area is 101 Å². The number of hydrogen-bond acceptors (Lipinski definition) is 3. The maximum absolute atomic E-state index is 8.56. The van der Waals surface area contributed by atoms with Crippen LogP contribution in [0.25, 0.3) is 0 Å². The van der Waals surface area contributed by atoms with E-state index >= 15 is 0 Å². The quantitative estimate of drug-likeness (QED) is 0.355. The zero-order valence-corrected chi connectivity index (χ0v) is 10.0. The Kier molecular flexibility index (Phi) is 3.22. The first kappa shape index (κ1) is 11.8. The number of hydrogen-bond donors (Lipinski definition) is 2. The summed E-state index contributed by atoms with van der Waals surface area (Å²) in [6.45, 7) is 2.68. The molecule has 1 aliphatic rings. The highest BCUT2D eigenvalue weighted by Crippen LogP contribution is 2.48. The number of nitrogens with zero attached hydrogens (tertiary/aromatic N) is 1. The number of nitrogens with two attached hydrogens (primary N) is 1. The molecule has 92 valence electrons. The summed E-state index contributed by atoms with van der Waals surface area (Å²) in [4.78, 5) is 0. The molecule has 1 aliphatic carbocycles. The Morgan fingerprint density at radius 2 is 2.06 bits per heavy atom. The van der Waals surface area contributed by atoms with Crippen LogP contribution in [0.4, 0.5) is 0 Å². The Hall–Kier alpha value is -1.71. The predicted octanol–water partition coefficient (Wildman–Crippen LogP) is 2.29. The molecule has 0 unspecified atom stereocenters. The van der Waals surface area contributed by atoms with E-state index in [1.165, 1.54) is 5.56 Å². The summed E-state index contributed by atoms with van der Waals surface area (Å²) in [7, 11) is 0. The highest BCUT2D eigenvalue weighted by atomic mass is 16.5. The number of benzene rings is 1. The summed E-state index contributed by atoms with van der Waals surface area (Å²) in [5.74, 6) is 1.16. The average Bonchev–Trinajstić information content (AvgIpc) is 3.09. The molecule has 0 saturated heterocycles. The Morgan fingerprint density at radius 1 is 1.41 bits per heavy atom. The molecule has 0 radical (unpaired) electrons. The smallest absolute Gasteiger partial charge is 0.139 e. The van der Waals surface area contributed by atoms with E-state index in [2.05, 4.69) is 5.16 Å². The van der Waals surface area contributed by atoms with Crippen LogP contribution in [0, 0.1) is 12.3 Å². The SMILES string of the molecule is Cc1ccc(OCC2(CC(N)=NO)CC2)cc1. The lowest BCUT2D eigenvalue weighted by molar-refractivity contribution is 0.236. The van der Waals surface area contributed by atoms with E-state index in [4.69, 9.17) is 15.7 Å². The summed E-state index contributed by atoms with van der Waals surface area (Å²) < 4.78 is 5.74. The number of oxime groups is 1. The number of rotatable bonds is 5. The Balaban J connectivity index is 1.88. The van der Waals surface area contributed by atoms with Crippen molar-refractivity contribution in [2.24, 2.45) is 16.3 Å². The van der Waals surface area contributed by atoms with Crippen LogP contribution < -0.4 is 10.5 Å². The third-order valence-electron chi connectivity index (χ3n) is 3.21. The van der Waals surface area contributed by atoms with Crippen molar-refractivity contribution >= 4 is 5.84 Å². The molecule has 1 aromatic carbocycles. The van der Waals surface area contributed by atoms with Gasteiger partial charge in [-0.15, -0.1) is 0 Å². The Bertz CT molecular complexity index is 408. The van der Waals surface area contributed by atoms with Gasteiger partial charge in [0, 0.05) is 11.8 Å². The normalized spacial score (nSPS) is 17.8. The van der Waals surface area contributed by atoms with Crippen molar-refractivity contribution in [2.75, 3.05) is 6.61 Å². The molecule has 4 nitrogen and oxygen atoms in total. The number of ether oxygens (including phenoxy) is 1. The second-order valence-electron chi connectivity index (χ2n) is 4.87. The molecule has 3 N–H and O–H groups in total. The molecule has 0 bridgehead atoms. The van der Waals surface area contributed by atoms with Gasteiger partial charge in [0.2, 0.25) is 0 Å². The fourth-order valence-electron chi connectivity index (χ4n) is 1.84. The molecule has 0 aliphatic heterocycles. The number of amidine groups is 1. The van der Waals surface area contributed by atoms with Crippen molar-refractivity contribution in [1.29, 1.82) is 0 Å². The van der Waals surface area contributed by atoms with E-state index in [0.29, 0.717) is 13.0 Å². The molecular formula is C13H18N2O2. The molecule has 0 atom stereocenters. The first-order chi connectivity index (χ1) is 8.13. The predicted molar refractivity (Wildman–Crippen MR) is 66.4 cm³/mol. The fraction of sp³-hybridized carbons (Fsp3) is 0.462. The van der Waals surface area contributed by atoms with Crippen molar-refractivity contribution in [3.8, 4) is 5.75 Å². The first-order valence-electron chi connectivity index (χ1n) is 5.79. The highest BCUT2D eigenvalue weighted by molar-refractivity contribution is 5.80. The molecule has 0 spiro atoms. The minimum atomic E-state index is 0.0845. The lowest BCUT2D eigenvalue weighted by Gasteiger charge is -2.15. The van der Waals surface area contributed by atoms with Crippen LogP contribution in [0.2, 0.25) is 0 Å². The monoisotopic (exact) mass is 234 g/mol. The van der Waals surface area contributed by atoms with Gasteiger partial charge in [0.1, 0.15) is 11.6 Å². The molecule has 4 heteroatoms. The molecule has 1 aromatic rings. The standard InChI is InChI=1S/C13H18N2O2/c1-10-2-4-11(5-3-10)17-9-13(6-7-13)8-12(14)15-16/h2-5,16H,6-9H2,1H3,(H2,14,15). The van der Waals surface area contributed by atoms with E-state index in [0.717, 1.165) is 18.6 Å². The zero-order chi connectivity index (χ0) is 12.3. The van der Waals surface area contributed by atoms with Gasteiger partial charge in [-0.2, -0.15) is 0 Å². The van der Waals surface area contributed by atoms with Gasteiger partial charge in [-0.3, -0.25) is 0 Å². The van der Waals surface area contributed by atoms with Crippen LogP contribution in [0.5, 0.6) is 5.75 Å². The van der Waals surface area contributed by atoms with Gasteiger partial charge < -0.3 is 15.7 Å². The molecule has 0 amide bonds. The summed E-state index contributed by atoms with van der Waals surface area (Å²) in [5, 5.41) is 11.6. The molecule has 2 rings (SSSR count). The molecule has 0 aromatic heterocycles. The molecule has 0 heterocycles. The maximum atomic E-state index is 8.56. The summed E-state index contributed by atoms with van der Waals surface area (Å²) in [5.41, 5.74) is 6.83. The minimum Gasteiger partial charge on any atom is -0.493 e. The van der Waals surface area contributed by atoms with E-state index in [9.17, 15) is 0 Å². The lowest BCUT2D eigenvalue weighted by atomic mass is 10.0. The third-order valence-corrected chi connectivity index (χ3v) is 3.21. The maximum Gasteiger partial charge on any atom is 0.139 e. The molecular weight excluding hydrogens is 216 g/mol. The molecule has 1 saturated carbocycles. The minimum absolute atomic E-state index is 0.0845. The van der Waals surface area contributed by atoms with Gasteiger partial charge in [0.05, 0.1) is 6.61 Å². The highest BCUT2D eigenvalue weighted by Gasteiger charge is 2.44. The van der Waals surface area contributed by atoms with Gasteiger partial charge >= 0.3 is 0 Å². The lowest BCUT2D eigenvalue weighted by Crippen LogP contribution is -2.22. The average molecular weight is 234 g/mol. The van der Waals surface area contributed by atoms with E-state index in [1.807, 2.05) is 31.2 Å². The van der Waals surface area contributed by atoms with Gasteiger partial charge in [-0.05, 0) is 31.9 Å². The van der Waals surface area contributed by atoms with Gasteiger partial charge in [0.15, 0.2) is 0 Å². The summed E-state index contributed by atoms with van der Waals surface area (Å²) in [6.07, 6.45) is 2.76. The van der Waals surface area contributed by atoms with Crippen LogP contribution in [0.15, 0.2) is 29.4 Å². The van der Waals surface area contributed by atoms with E-state index in [-0.39, 0.29) is 11.3 Å². The summed E-state index contributed by atoms with van der Waals surface area (Å²) >= 11 is 0.